The Hall–Kier alpha value is -2.24. The van der Waals surface area contributed by atoms with E-state index in [1.807, 2.05) is 0 Å². The average molecular weight is 536 g/mol. The summed E-state index contributed by atoms with van der Waals surface area (Å²) in [5.74, 6) is 0. The van der Waals surface area contributed by atoms with Crippen LogP contribution in [0.4, 0.5) is 0 Å². The molecule has 0 amide bonds. The first-order valence-electron chi connectivity index (χ1n) is 13.7. The third kappa shape index (κ3) is 3.83. The summed E-state index contributed by atoms with van der Waals surface area (Å²) in [7, 11) is 0. The van der Waals surface area contributed by atoms with Crippen LogP contribution in [-0.2, 0) is 33.1 Å². The molecule has 6 rings (SSSR count). The van der Waals surface area contributed by atoms with E-state index in [2.05, 4.69) is 98.8 Å². The van der Waals surface area contributed by atoms with Crippen LogP contribution in [0.3, 0.4) is 0 Å². The normalized spacial score (nSPS) is 13.3. The second-order valence-corrected chi connectivity index (χ2v) is 21.0. The van der Waals surface area contributed by atoms with E-state index in [-0.39, 0.29) is 0 Å². The minimum absolute atomic E-state index is 1.12. The molecule has 0 unspecified atom stereocenters. The molecule has 4 aromatic carbocycles. The van der Waals surface area contributed by atoms with E-state index in [9.17, 15) is 0 Å². The quantitative estimate of drug-likeness (QED) is 0.184. The number of benzene rings is 4. The topological polar surface area (TPSA) is 0 Å². The van der Waals surface area contributed by atoms with E-state index >= 15 is 0 Å². The van der Waals surface area contributed by atoms with Crippen molar-refractivity contribution in [1.29, 1.82) is 0 Å². The van der Waals surface area contributed by atoms with Crippen LogP contribution in [0.15, 0.2) is 84.9 Å². The predicted molar refractivity (Wildman–Crippen MR) is 148 cm³/mol. The number of fused-ring (bicyclic) bond motifs is 6. The van der Waals surface area contributed by atoms with Crippen molar-refractivity contribution in [3.63, 3.8) is 0 Å². The van der Waals surface area contributed by atoms with Gasteiger partial charge in [0.1, 0.15) is 0 Å². The first-order valence-corrected chi connectivity index (χ1v) is 19.6. The molecule has 0 aliphatic heterocycles. The van der Waals surface area contributed by atoms with Gasteiger partial charge >= 0.3 is 217 Å². The summed E-state index contributed by atoms with van der Waals surface area (Å²) >= 11 is -3.03. The third-order valence-corrected chi connectivity index (χ3v) is 22.0. The fraction of sp³-hybridized carbons (Fsp3) is 0.294. The molecule has 0 N–H and O–H groups in total. The number of hydrogen-bond acceptors (Lipinski definition) is 0. The molecule has 0 bridgehead atoms. The van der Waals surface area contributed by atoms with Crippen LogP contribution < -0.4 is 6.54 Å². The molecular formula is C34H36Zr. The van der Waals surface area contributed by atoms with E-state index in [0.29, 0.717) is 0 Å². The molecule has 2 aliphatic carbocycles. The summed E-state index contributed by atoms with van der Waals surface area (Å²) in [5.41, 5.74) is 12.4. The van der Waals surface area contributed by atoms with Gasteiger partial charge in [-0.25, -0.2) is 0 Å². The molecule has 0 fully saturated rings. The zero-order chi connectivity index (χ0) is 23.8. The van der Waals surface area contributed by atoms with Crippen molar-refractivity contribution < 1.29 is 20.3 Å². The molecule has 0 saturated heterocycles. The Labute approximate surface area is 215 Å². The fourth-order valence-electron chi connectivity index (χ4n) is 6.98. The average Bonchev–Trinajstić information content (AvgIpc) is 3.48. The van der Waals surface area contributed by atoms with Crippen molar-refractivity contribution >= 4 is 6.54 Å². The Balaban J connectivity index is 1.59. The maximum absolute atomic E-state index is 3.03. The molecular weight excluding hydrogens is 500 g/mol. The van der Waals surface area contributed by atoms with Crippen molar-refractivity contribution in [2.24, 2.45) is 0 Å². The van der Waals surface area contributed by atoms with Gasteiger partial charge in [-0.3, -0.25) is 0 Å². The molecule has 176 valence electrons. The number of hydrogen-bond donors (Lipinski definition) is 0. The molecule has 1 heteroatoms. The van der Waals surface area contributed by atoms with Gasteiger partial charge < -0.3 is 0 Å². The van der Waals surface area contributed by atoms with Crippen molar-refractivity contribution in [3.05, 3.63) is 107 Å². The van der Waals surface area contributed by atoms with Gasteiger partial charge in [-0.1, -0.05) is 0 Å². The molecule has 0 atom stereocenters. The standard InChI is InChI=1S/2C13H9.2C4H9.Zr/c2*1-3-7-12-10(5-1)9-11-6-2-4-8-13(11)12;2*1-3-4-2;/h2*1-5,7-8H,9H2;2*1,3-4H2,2H3;. The van der Waals surface area contributed by atoms with Crippen LogP contribution in [0.5, 0.6) is 0 Å². The molecule has 0 heterocycles. The van der Waals surface area contributed by atoms with Gasteiger partial charge in [0.2, 0.25) is 0 Å². The van der Waals surface area contributed by atoms with Crippen LogP contribution in [0.25, 0.3) is 22.3 Å². The first-order chi connectivity index (χ1) is 17.3. The van der Waals surface area contributed by atoms with E-state index in [1.54, 1.807) is 17.7 Å². The summed E-state index contributed by atoms with van der Waals surface area (Å²) in [6.07, 6.45) is 7.52. The molecule has 2 aliphatic rings. The van der Waals surface area contributed by atoms with E-state index in [1.165, 1.54) is 67.3 Å². The number of rotatable bonds is 8. The van der Waals surface area contributed by atoms with Crippen LogP contribution in [0.2, 0.25) is 8.26 Å². The Kier molecular flexibility index (Phi) is 6.40. The minimum atomic E-state index is -3.03. The van der Waals surface area contributed by atoms with Crippen molar-refractivity contribution in [2.75, 3.05) is 0 Å². The van der Waals surface area contributed by atoms with E-state index in [4.69, 9.17) is 0 Å². The van der Waals surface area contributed by atoms with Crippen molar-refractivity contribution in [2.45, 2.75) is 60.6 Å². The van der Waals surface area contributed by atoms with Gasteiger partial charge in [0.25, 0.3) is 0 Å². The predicted octanol–water partition coefficient (Wildman–Crippen LogP) is 8.37. The zero-order valence-electron chi connectivity index (χ0n) is 21.2. The van der Waals surface area contributed by atoms with Crippen LogP contribution >= 0.6 is 0 Å². The van der Waals surface area contributed by atoms with Gasteiger partial charge in [0.15, 0.2) is 0 Å². The van der Waals surface area contributed by atoms with Gasteiger partial charge in [0.05, 0.1) is 0 Å². The van der Waals surface area contributed by atoms with Gasteiger partial charge in [-0.2, -0.15) is 0 Å². The van der Waals surface area contributed by atoms with Gasteiger partial charge in [-0.15, -0.1) is 0 Å². The zero-order valence-corrected chi connectivity index (χ0v) is 23.7. The van der Waals surface area contributed by atoms with Gasteiger partial charge in [-0.05, 0) is 0 Å². The Morgan fingerprint density at radius 2 is 0.943 bits per heavy atom. The second kappa shape index (κ2) is 9.67. The summed E-state index contributed by atoms with van der Waals surface area (Å²) in [4.78, 5) is 0. The van der Waals surface area contributed by atoms with Crippen molar-refractivity contribution in [3.8, 4) is 22.3 Å². The molecule has 4 aromatic rings. The van der Waals surface area contributed by atoms with E-state index < -0.39 is 20.3 Å². The SMILES string of the molecule is CCC[CH2][Zr]([CH2]CCC)([c]1cccc2c1Cc1ccccc1-2)[c]1cccc2c1Cc1ccccc1-2. The Bertz CT molecular complexity index is 1270. The van der Waals surface area contributed by atoms with Crippen molar-refractivity contribution in [1.82, 2.24) is 0 Å². The van der Waals surface area contributed by atoms with Gasteiger partial charge in [0, 0.05) is 0 Å². The van der Waals surface area contributed by atoms with Crippen LogP contribution in [-0.4, -0.2) is 0 Å². The molecule has 0 radical (unpaired) electrons. The Morgan fingerprint density at radius 1 is 0.514 bits per heavy atom. The summed E-state index contributed by atoms with van der Waals surface area (Å²) in [6, 6.07) is 33.0. The van der Waals surface area contributed by atoms with Crippen LogP contribution in [0, 0.1) is 0 Å². The van der Waals surface area contributed by atoms with Crippen LogP contribution in [0.1, 0.15) is 61.8 Å². The summed E-state index contributed by atoms with van der Waals surface area (Å²) in [5, 5.41) is 0. The molecule has 35 heavy (non-hydrogen) atoms. The Morgan fingerprint density at radius 3 is 1.40 bits per heavy atom. The second-order valence-electron chi connectivity index (χ2n) is 10.6. The molecule has 0 spiro atoms. The molecule has 0 saturated carbocycles. The monoisotopic (exact) mass is 534 g/mol. The number of unbranched alkanes of at least 4 members (excludes halogenated alkanes) is 2. The fourth-order valence-corrected chi connectivity index (χ4v) is 21.6. The summed E-state index contributed by atoms with van der Waals surface area (Å²) in [6.45, 7) is 4.76. The molecule has 0 nitrogen and oxygen atoms in total. The summed E-state index contributed by atoms with van der Waals surface area (Å²) < 4.78 is 6.48. The van der Waals surface area contributed by atoms with E-state index in [0.717, 1.165) is 12.8 Å². The maximum atomic E-state index is 2.58. The third-order valence-electron chi connectivity index (χ3n) is 8.65. The molecule has 0 aromatic heterocycles. The first kappa shape index (κ1) is 23.2.